The Hall–Kier alpha value is -3.75. The molecule has 3 aromatic rings. The van der Waals surface area contributed by atoms with Gasteiger partial charge in [-0.25, -0.2) is 9.78 Å². The highest BCUT2D eigenvalue weighted by Gasteiger charge is 2.19. The Kier molecular flexibility index (Phi) is 4.84. The summed E-state index contributed by atoms with van der Waals surface area (Å²) >= 11 is 0. The molecule has 0 unspecified atom stereocenters. The molecule has 0 N–H and O–H groups in total. The van der Waals surface area contributed by atoms with Crippen LogP contribution in [0.5, 0.6) is 5.75 Å². The predicted molar refractivity (Wildman–Crippen MR) is 95.0 cm³/mol. The second kappa shape index (κ2) is 7.24. The van der Waals surface area contributed by atoms with E-state index in [1.54, 1.807) is 12.3 Å². The molecule has 2 aromatic heterocycles. The van der Waals surface area contributed by atoms with E-state index in [-0.39, 0.29) is 29.2 Å². The number of nitro groups is 1. The van der Waals surface area contributed by atoms with Crippen molar-refractivity contribution in [1.29, 1.82) is 0 Å². The molecule has 138 valence electrons. The van der Waals surface area contributed by atoms with E-state index in [0.717, 1.165) is 11.6 Å². The molecule has 1 aromatic carbocycles. The molecule has 0 aliphatic heterocycles. The van der Waals surface area contributed by atoms with Gasteiger partial charge in [0.1, 0.15) is 12.3 Å². The zero-order valence-electron chi connectivity index (χ0n) is 14.5. The van der Waals surface area contributed by atoms with E-state index < -0.39 is 10.9 Å². The number of hydrogen-bond donors (Lipinski definition) is 0. The van der Waals surface area contributed by atoms with Gasteiger partial charge < -0.3 is 9.47 Å². The number of carbonyl (C=O) groups is 1. The number of ether oxygens (including phenoxy) is 2. The van der Waals surface area contributed by atoms with Crippen LogP contribution in [0.1, 0.15) is 21.6 Å². The summed E-state index contributed by atoms with van der Waals surface area (Å²) in [7, 11) is 1.19. The van der Waals surface area contributed by atoms with Crippen LogP contribution in [0.25, 0.3) is 5.65 Å². The van der Waals surface area contributed by atoms with E-state index in [1.165, 1.54) is 29.7 Å². The highest BCUT2D eigenvalue weighted by atomic mass is 16.6. The molecule has 0 saturated carbocycles. The fraction of sp³-hybridized carbons (Fsp3) is 0.167. The average Bonchev–Trinajstić information content (AvgIpc) is 2.66. The maximum Gasteiger partial charge on any atom is 0.338 e. The third-order valence-electron chi connectivity index (χ3n) is 3.89. The number of benzene rings is 1. The Balaban J connectivity index is 1.92. The molecule has 9 nitrogen and oxygen atoms in total. The van der Waals surface area contributed by atoms with Gasteiger partial charge in [-0.15, -0.1) is 0 Å². The van der Waals surface area contributed by atoms with Crippen LogP contribution in [-0.2, 0) is 11.3 Å². The number of aryl methyl sites for hydroxylation is 1. The van der Waals surface area contributed by atoms with Crippen molar-refractivity contribution in [3.05, 3.63) is 79.9 Å². The number of carbonyl (C=O) groups excluding carboxylic acids is 1. The summed E-state index contributed by atoms with van der Waals surface area (Å²) in [6, 6.07) is 8.62. The summed E-state index contributed by atoms with van der Waals surface area (Å²) in [5.74, 6) is -0.733. The fourth-order valence-electron chi connectivity index (χ4n) is 2.56. The summed E-state index contributed by atoms with van der Waals surface area (Å²) in [6.07, 6.45) is 1.61. The zero-order chi connectivity index (χ0) is 19.6. The molecule has 0 saturated heterocycles. The number of nitro benzene ring substituents is 1. The van der Waals surface area contributed by atoms with Crippen molar-refractivity contribution in [3.63, 3.8) is 0 Å². The Bertz CT molecular complexity index is 1110. The minimum atomic E-state index is -0.690. The standard InChI is InChI=1S/C18H15N3O6/c1-11-4-3-7-20-16(22)9-13(19-17(11)20)10-27-15-6-5-12(18(23)26-2)8-14(15)21(24)25/h3-9H,10H2,1-2H3. The van der Waals surface area contributed by atoms with Gasteiger partial charge in [-0.05, 0) is 30.7 Å². The normalized spacial score (nSPS) is 10.6. The van der Waals surface area contributed by atoms with E-state index in [9.17, 15) is 19.7 Å². The lowest BCUT2D eigenvalue weighted by atomic mass is 10.2. The van der Waals surface area contributed by atoms with Gasteiger partial charge in [-0.3, -0.25) is 19.3 Å². The van der Waals surface area contributed by atoms with Gasteiger partial charge in [-0.2, -0.15) is 0 Å². The predicted octanol–water partition coefficient (Wildman–Crippen LogP) is 2.28. The molecule has 0 amide bonds. The maximum atomic E-state index is 12.2. The third kappa shape index (κ3) is 3.61. The Morgan fingerprint density at radius 2 is 2.07 bits per heavy atom. The molecule has 0 spiro atoms. The minimum Gasteiger partial charge on any atom is -0.480 e. The van der Waals surface area contributed by atoms with Crippen molar-refractivity contribution in [2.75, 3.05) is 7.11 Å². The number of fused-ring (bicyclic) bond motifs is 1. The van der Waals surface area contributed by atoms with Crippen LogP contribution >= 0.6 is 0 Å². The Labute approximate surface area is 152 Å². The summed E-state index contributed by atoms with van der Waals surface area (Å²) in [4.78, 5) is 38.7. The third-order valence-corrected chi connectivity index (χ3v) is 3.89. The molecule has 0 atom stereocenters. The zero-order valence-corrected chi connectivity index (χ0v) is 14.5. The minimum absolute atomic E-state index is 0.0363. The van der Waals surface area contributed by atoms with Crippen molar-refractivity contribution in [2.24, 2.45) is 0 Å². The quantitative estimate of drug-likeness (QED) is 0.385. The molecular weight excluding hydrogens is 354 g/mol. The highest BCUT2D eigenvalue weighted by Crippen LogP contribution is 2.29. The molecule has 0 aliphatic rings. The van der Waals surface area contributed by atoms with E-state index in [2.05, 4.69) is 9.72 Å². The van der Waals surface area contributed by atoms with Crippen molar-refractivity contribution in [2.45, 2.75) is 13.5 Å². The number of rotatable bonds is 5. The van der Waals surface area contributed by atoms with E-state index >= 15 is 0 Å². The first-order valence-electron chi connectivity index (χ1n) is 7.88. The van der Waals surface area contributed by atoms with Gasteiger partial charge in [0.15, 0.2) is 5.75 Å². The summed E-state index contributed by atoms with van der Waals surface area (Å²) in [6.45, 7) is 1.68. The van der Waals surface area contributed by atoms with E-state index in [1.807, 2.05) is 13.0 Å². The maximum absolute atomic E-state index is 12.2. The van der Waals surface area contributed by atoms with Gasteiger partial charge in [0.05, 0.1) is 23.3 Å². The van der Waals surface area contributed by atoms with Crippen LogP contribution in [0, 0.1) is 17.0 Å². The van der Waals surface area contributed by atoms with Crippen LogP contribution in [0.15, 0.2) is 47.4 Å². The van der Waals surface area contributed by atoms with Crippen LogP contribution in [0.2, 0.25) is 0 Å². The second-order valence-corrected chi connectivity index (χ2v) is 5.69. The smallest absolute Gasteiger partial charge is 0.338 e. The lowest BCUT2D eigenvalue weighted by Gasteiger charge is -2.09. The molecule has 27 heavy (non-hydrogen) atoms. The first-order valence-corrected chi connectivity index (χ1v) is 7.88. The first-order chi connectivity index (χ1) is 12.9. The van der Waals surface area contributed by atoms with Crippen molar-refractivity contribution in [3.8, 4) is 5.75 Å². The molecular formula is C18H15N3O6. The molecule has 0 bridgehead atoms. The fourth-order valence-corrected chi connectivity index (χ4v) is 2.56. The SMILES string of the molecule is COC(=O)c1ccc(OCc2cc(=O)n3cccc(C)c3n2)c([N+](=O)[O-])c1. The van der Waals surface area contributed by atoms with Gasteiger partial charge >= 0.3 is 11.7 Å². The average molecular weight is 369 g/mol. The van der Waals surface area contributed by atoms with Crippen LogP contribution in [0.3, 0.4) is 0 Å². The van der Waals surface area contributed by atoms with Gasteiger partial charge in [-0.1, -0.05) is 6.07 Å². The topological polar surface area (TPSA) is 113 Å². The molecule has 0 fully saturated rings. The lowest BCUT2D eigenvalue weighted by molar-refractivity contribution is -0.386. The molecule has 0 radical (unpaired) electrons. The number of esters is 1. The van der Waals surface area contributed by atoms with E-state index in [4.69, 9.17) is 4.74 Å². The summed E-state index contributed by atoms with van der Waals surface area (Å²) in [5.41, 5.74) is 1.00. The molecule has 0 aliphatic carbocycles. The van der Waals surface area contributed by atoms with Gasteiger partial charge in [0, 0.05) is 18.3 Å². The van der Waals surface area contributed by atoms with Crippen LogP contribution in [-0.4, -0.2) is 27.4 Å². The van der Waals surface area contributed by atoms with Crippen molar-refractivity contribution < 1.29 is 19.2 Å². The highest BCUT2D eigenvalue weighted by molar-refractivity contribution is 5.90. The molecule has 2 heterocycles. The van der Waals surface area contributed by atoms with Crippen molar-refractivity contribution in [1.82, 2.24) is 9.38 Å². The summed E-state index contributed by atoms with van der Waals surface area (Å²) in [5, 5.41) is 11.3. The largest absolute Gasteiger partial charge is 0.480 e. The molecule has 3 rings (SSSR count). The van der Waals surface area contributed by atoms with Gasteiger partial charge in [0.25, 0.3) is 5.56 Å². The van der Waals surface area contributed by atoms with Crippen LogP contribution < -0.4 is 10.3 Å². The molecule has 9 heteroatoms. The second-order valence-electron chi connectivity index (χ2n) is 5.69. The van der Waals surface area contributed by atoms with Crippen molar-refractivity contribution >= 4 is 17.3 Å². The number of aromatic nitrogens is 2. The Morgan fingerprint density at radius 1 is 1.30 bits per heavy atom. The Morgan fingerprint density at radius 3 is 2.78 bits per heavy atom. The number of methoxy groups -OCH3 is 1. The van der Waals surface area contributed by atoms with Gasteiger partial charge in [0.2, 0.25) is 0 Å². The number of pyridine rings is 1. The van der Waals surface area contributed by atoms with E-state index in [0.29, 0.717) is 11.3 Å². The monoisotopic (exact) mass is 369 g/mol. The summed E-state index contributed by atoms with van der Waals surface area (Å²) < 4.78 is 11.5. The lowest BCUT2D eigenvalue weighted by Crippen LogP contribution is -2.17. The van der Waals surface area contributed by atoms with Crippen LogP contribution in [0.4, 0.5) is 5.69 Å². The first kappa shape index (κ1) is 18.1. The number of nitrogens with zero attached hydrogens (tertiary/aromatic N) is 3. The number of hydrogen-bond acceptors (Lipinski definition) is 7.